The van der Waals surface area contributed by atoms with E-state index in [0.717, 1.165) is 4.90 Å². The van der Waals surface area contributed by atoms with E-state index < -0.39 is 0 Å². The van der Waals surface area contributed by atoms with Crippen LogP contribution in [0.2, 0.25) is 5.28 Å². The number of thioether (sulfide) groups is 1. The number of hydrogen-bond donors (Lipinski definition) is 0. The molecule has 0 atom stereocenters. The monoisotopic (exact) mass is 319 g/mol. The lowest BCUT2D eigenvalue weighted by molar-refractivity contribution is 0.438. The molecule has 0 fully saturated rings. The fraction of sp³-hybridized carbons (Fsp3) is 0.0769. The highest BCUT2D eigenvalue weighted by atomic mass is 35.5. The average molecular weight is 320 g/mol. The molecule has 0 saturated carbocycles. The van der Waals surface area contributed by atoms with Gasteiger partial charge in [0.15, 0.2) is 0 Å². The molecule has 0 aliphatic carbocycles. The third-order valence-corrected chi connectivity index (χ3v) is 3.49. The first-order chi connectivity index (χ1) is 10.2. The van der Waals surface area contributed by atoms with Crippen molar-refractivity contribution in [1.29, 1.82) is 0 Å². The number of aromatic nitrogens is 5. The zero-order valence-electron chi connectivity index (χ0n) is 11.0. The van der Waals surface area contributed by atoms with Crippen molar-refractivity contribution in [3.8, 4) is 17.7 Å². The Balaban J connectivity index is 1.88. The van der Waals surface area contributed by atoms with Crippen LogP contribution in [-0.4, -0.2) is 30.8 Å². The number of ether oxygens (including phenoxy) is 1. The zero-order valence-corrected chi connectivity index (χ0v) is 12.5. The number of nitrogens with zero attached hydrogens (tertiary/aromatic N) is 5. The van der Waals surface area contributed by atoms with Crippen LogP contribution in [-0.2, 0) is 0 Å². The number of benzene rings is 1. The van der Waals surface area contributed by atoms with Crippen molar-refractivity contribution in [1.82, 2.24) is 24.5 Å². The number of hydrogen-bond acceptors (Lipinski definition) is 6. The second kappa shape index (κ2) is 6.11. The van der Waals surface area contributed by atoms with Crippen molar-refractivity contribution in [3.63, 3.8) is 0 Å². The Morgan fingerprint density at radius 3 is 2.62 bits per heavy atom. The highest BCUT2D eigenvalue weighted by molar-refractivity contribution is 7.98. The molecule has 106 valence electrons. The Labute approximate surface area is 130 Å². The summed E-state index contributed by atoms with van der Waals surface area (Å²) in [6, 6.07) is 7.75. The van der Waals surface area contributed by atoms with E-state index in [1.165, 1.54) is 0 Å². The van der Waals surface area contributed by atoms with E-state index >= 15 is 0 Å². The number of halogens is 1. The second-order valence-electron chi connectivity index (χ2n) is 3.93. The smallest absolute Gasteiger partial charge is 0.328 e. The molecule has 1 aromatic carbocycles. The lowest BCUT2D eigenvalue weighted by atomic mass is 10.3. The topological polar surface area (TPSA) is 65.7 Å². The van der Waals surface area contributed by atoms with Crippen molar-refractivity contribution in [2.75, 3.05) is 6.26 Å². The minimum Gasteiger partial charge on any atom is -0.424 e. The van der Waals surface area contributed by atoms with Gasteiger partial charge in [0, 0.05) is 17.3 Å². The third-order valence-electron chi connectivity index (χ3n) is 2.58. The molecule has 0 bridgehead atoms. The number of rotatable bonds is 4. The van der Waals surface area contributed by atoms with Gasteiger partial charge in [-0.1, -0.05) is 0 Å². The molecule has 3 aromatic rings. The fourth-order valence-corrected chi connectivity index (χ4v) is 2.17. The normalized spacial score (nSPS) is 10.6. The molecular formula is C13H10ClN5OS. The first-order valence-corrected chi connectivity index (χ1v) is 7.57. The van der Waals surface area contributed by atoms with Gasteiger partial charge in [-0.3, -0.25) is 4.57 Å². The van der Waals surface area contributed by atoms with Crippen molar-refractivity contribution in [3.05, 3.63) is 48.3 Å². The number of imidazole rings is 1. The van der Waals surface area contributed by atoms with Gasteiger partial charge < -0.3 is 4.74 Å². The summed E-state index contributed by atoms with van der Waals surface area (Å²) < 4.78 is 7.23. The van der Waals surface area contributed by atoms with E-state index in [1.807, 2.05) is 30.5 Å². The molecule has 2 aromatic heterocycles. The SMILES string of the molecule is CSc1ccc(Oc2nc(Cl)nc(-n3ccnc3)n2)cc1. The summed E-state index contributed by atoms with van der Waals surface area (Å²) in [6.07, 6.45) is 6.92. The van der Waals surface area contributed by atoms with Crippen molar-refractivity contribution < 1.29 is 4.74 Å². The predicted octanol–water partition coefficient (Wildman–Crippen LogP) is 3.22. The van der Waals surface area contributed by atoms with Crippen LogP contribution in [0.5, 0.6) is 11.8 Å². The molecule has 0 aliphatic rings. The predicted molar refractivity (Wildman–Crippen MR) is 80.3 cm³/mol. The van der Waals surface area contributed by atoms with Gasteiger partial charge in [-0.25, -0.2) is 4.98 Å². The van der Waals surface area contributed by atoms with Crippen molar-refractivity contribution in [2.24, 2.45) is 0 Å². The summed E-state index contributed by atoms with van der Waals surface area (Å²) >= 11 is 7.56. The van der Waals surface area contributed by atoms with Crippen LogP contribution in [0.1, 0.15) is 0 Å². The molecule has 0 radical (unpaired) electrons. The van der Waals surface area contributed by atoms with Crippen LogP contribution < -0.4 is 4.74 Å². The molecule has 0 saturated heterocycles. The standard InChI is InChI=1S/C13H10ClN5OS/c1-21-10-4-2-9(3-5-10)20-13-17-11(14)16-12(18-13)19-7-6-15-8-19/h2-8H,1H3. The summed E-state index contributed by atoms with van der Waals surface area (Å²) in [5.74, 6) is 0.981. The van der Waals surface area contributed by atoms with Gasteiger partial charge in [0.25, 0.3) is 0 Å². The van der Waals surface area contributed by atoms with E-state index in [1.54, 1.807) is 35.0 Å². The molecule has 21 heavy (non-hydrogen) atoms. The minimum absolute atomic E-state index is 0.0597. The summed E-state index contributed by atoms with van der Waals surface area (Å²) in [7, 11) is 0. The van der Waals surface area contributed by atoms with E-state index in [-0.39, 0.29) is 11.3 Å². The van der Waals surface area contributed by atoms with E-state index in [9.17, 15) is 0 Å². The van der Waals surface area contributed by atoms with Gasteiger partial charge in [0.1, 0.15) is 12.1 Å². The maximum Gasteiger partial charge on any atom is 0.328 e. The minimum atomic E-state index is 0.0597. The van der Waals surface area contributed by atoms with Gasteiger partial charge in [0.2, 0.25) is 11.2 Å². The van der Waals surface area contributed by atoms with Gasteiger partial charge in [-0.2, -0.15) is 15.0 Å². The molecule has 3 rings (SSSR count). The second-order valence-corrected chi connectivity index (χ2v) is 5.15. The lowest BCUT2D eigenvalue weighted by Gasteiger charge is -2.06. The molecule has 8 heteroatoms. The summed E-state index contributed by atoms with van der Waals surface area (Å²) in [6.45, 7) is 0. The Bertz CT molecular complexity index is 733. The largest absolute Gasteiger partial charge is 0.424 e. The summed E-state index contributed by atoms with van der Waals surface area (Å²) in [5, 5.41) is 0.0597. The molecular weight excluding hydrogens is 310 g/mol. The van der Waals surface area contributed by atoms with E-state index in [4.69, 9.17) is 16.3 Å². The van der Waals surface area contributed by atoms with E-state index in [2.05, 4.69) is 19.9 Å². The first kappa shape index (κ1) is 13.8. The molecule has 0 aliphatic heterocycles. The van der Waals surface area contributed by atoms with E-state index in [0.29, 0.717) is 11.7 Å². The van der Waals surface area contributed by atoms with Gasteiger partial charge in [-0.05, 0) is 42.1 Å². The van der Waals surface area contributed by atoms with Crippen LogP contribution in [0.25, 0.3) is 5.95 Å². The first-order valence-electron chi connectivity index (χ1n) is 5.96. The highest BCUT2D eigenvalue weighted by Crippen LogP contribution is 2.23. The Kier molecular flexibility index (Phi) is 4.03. The maximum atomic E-state index is 5.90. The molecule has 0 N–H and O–H groups in total. The van der Waals surface area contributed by atoms with Crippen LogP contribution >= 0.6 is 23.4 Å². The molecule has 0 unspecified atom stereocenters. The van der Waals surface area contributed by atoms with Gasteiger partial charge in [0.05, 0.1) is 0 Å². The van der Waals surface area contributed by atoms with Gasteiger partial charge >= 0.3 is 6.01 Å². The third kappa shape index (κ3) is 3.32. The quantitative estimate of drug-likeness (QED) is 0.688. The van der Waals surface area contributed by atoms with Crippen molar-refractivity contribution in [2.45, 2.75) is 4.90 Å². The van der Waals surface area contributed by atoms with Crippen LogP contribution in [0.3, 0.4) is 0 Å². The Morgan fingerprint density at radius 2 is 1.95 bits per heavy atom. The van der Waals surface area contributed by atoms with Crippen molar-refractivity contribution >= 4 is 23.4 Å². The highest BCUT2D eigenvalue weighted by Gasteiger charge is 2.08. The maximum absolute atomic E-state index is 5.90. The van der Waals surface area contributed by atoms with Gasteiger partial charge in [-0.15, -0.1) is 11.8 Å². The fourth-order valence-electron chi connectivity index (χ4n) is 1.61. The van der Waals surface area contributed by atoms with Crippen LogP contribution in [0.4, 0.5) is 0 Å². The molecule has 2 heterocycles. The molecule has 0 spiro atoms. The molecule has 6 nitrogen and oxygen atoms in total. The van der Waals surface area contributed by atoms with Crippen LogP contribution in [0.15, 0.2) is 47.9 Å². The Hall–Kier alpha value is -2.12. The average Bonchev–Trinajstić information content (AvgIpc) is 3.02. The summed E-state index contributed by atoms with van der Waals surface area (Å²) in [4.78, 5) is 17.3. The lowest BCUT2D eigenvalue weighted by Crippen LogP contribution is -2.03. The summed E-state index contributed by atoms with van der Waals surface area (Å²) in [5.41, 5.74) is 0. The molecule has 0 amide bonds. The Morgan fingerprint density at radius 1 is 1.14 bits per heavy atom. The zero-order chi connectivity index (χ0) is 14.7. The van der Waals surface area contributed by atoms with Crippen LogP contribution in [0, 0.1) is 0 Å².